The number of anilines is 1. The molecule has 1 rings (SSSR count). The van der Waals surface area contributed by atoms with E-state index in [9.17, 15) is 8.76 Å². The Labute approximate surface area is 58.5 Å². The third-order valence-corrected chi connectivity index (χ3v) is 1.56. The van der Waals surface area contributed by atoms with Gasteiger partial charge in [-0.25, -0.2) is 0 Å². The molecule has 0 fully saturated rings. The highest BCUT2D eigenvalue weighted by atomic mass is 32.2. The summed E-state index contributed by atoms with van der Waals surface area (Å²) < 4.78 is 25.6. The number of hydrogen-bond acceptors (Lipinski definition) is 4. The molecule has 1 atom stereocenters. The predicted molar refractivity (Wildman–Crippen MR) is 34.7 cm³/mol. The highest BCUT2D eigenvalue weighted by Crippen LogP contribution is 2.04. The van der Waals surface area contributed by atoms with Crippen LogP contribution in [-0.4, -0.2) is 13.1 Å². The monoisotopic (exact) mass is 163 g/mol. The van der Waals surface area contributed by atoms with Gasteiger partial charge in [-0.05, 0) is 17.6 Å². The Kier molecular flexibility index (Phi) is 2.15. The van der Waals surface area contributed by atoms with Gasteiger partial charge >= 0.3 is 0 Å². The maximum atomic E-state index is 9.92. The quantitative estimate of drug-likeness (QED) is 0.640. The molecule has 0 radical (unpaired) electrons. The van der Waals surface area contributed by atoms with E-state index in [4.69, 9.17) is 0 Å². The smallest absolute Gasteiger partial charge is 0.150 e. The lowest BCUT2D eigenvalue weighted by atomic mass is 10.7. The van der Waals surface area contributed by atoms with Crippen molar-refractivity contribution < 1.29 is 8.76 Å². The Hall–Kier alpha value is -0.460. The van der Waals surface area contributed by atoms with Gasteiger partial charge in [0.25, 0.3) is 0 Å². The Morgan fingerprint density at radius 1 is 1.89 bits per heavy atom. The first-order chi connectivity index (χ1) is 4.29. The first-order valence-corrected chi connectivity index (χ1v) is 3.96. The van der Waals surface area contributed by atoms with E-state index in [1.165, 1.54) is 11.5 Å². The molecular weight excluding hydrogens is 160 g/mol. The van der Waals surface area contributed by atoms with E-state index in [1.54, 1.807) is 11.4 Å². The van der Waals surface area contributed by atoms with Gasteiger partial charge in [-0.15, -0.1) is 0 Å². The van der Waals surface area contributed by atoms with Crippen molar-refractivity contribution >= 4 is 28.6 Å². The summed E-state index contributed by atoms with van der Waals surface area (Å²) in [4.78, 5) is 0. The summed E-state index contributed by atoms with van der Waals surface area (Å²) >= 11 is -1.06. The van der Waals surface area contributed by atoms with Gasteiger partial charge < -0.3 is 4.55 Å². The maximum Gasteiger partial charge on any atom is 0.150 e. The minimum Gasteiger partial charge on any atom is -0.755 e. The summed E-state index contributed by atoms with van der Waals surface area (Å²) in [6.07, 6.45) is 0. The molecule has 0 aliphatic rings. The van der Waals surface area contributed by atoms with E-state index in [0.717, 1.165) is 0 Å². The number of nitrogens with zero attached hydrogens (tertiary/aromatic N) is 1. The van der Waals surface area contributed by atoms with Crippen LogP contribution >= 0.6 is 11.5 Å². The van der Waals surface area contributed by atoms with Gasteiger partial charge in [0, 0.05) is 16.6 Å². The molecule has 1 heterocycles. The lowest BCUT2D eigenvalue weighted by Crippen LogP contribution is -2.01. The molecule has 0 spiro atoms. The SMILES string of the molecule is O=S([O-])Nc1ccsn1. The van der Waals surface area contributed by atoms with Crippen molar-refractivity contribution in [3.05, 3.63) is 11.4 Å². The minimum absolute atomic E-state index is 0.369. The highest BCUT2D eigenvalue weighted by Gasteiger charge is 1.88. The maximum absolute atomic E-state index is 9.92. The van der Waals surface area contributed by atoms with Gasteiger partial charge in [0.2, 0.25) is 0 Å². The van der Waals surface area contributed by atoms with E-state index in [2.05, 4.69) is 9.10 Å². The molecule has 0 aliphatic carbocycles. The number of nitrogens with one attached hydrogen (secondary N) is 1. The van der Waals surface area contributed by atoms with Gasteiger partial charge in [-0.3, -0.25) is 8.93 Å². The predicted octanol–water partition coefficient (Wildman–Crippen LogP) is 0.349. The third kappa shape index (κ3) is 2.08. The Balaban J connectivity index is 2.58. The molecule has 0 aliphatic heterocycles. The fraction of sp³-hybridized carbons (Fsp3) is 0. The largest absolute Gasteiger partial charge is 0.755 e. The molecule has 0 amide bonds. The van der Waals surface area contributed by atoms with Crippen molar-refractivity contribution in [2.75, 3.05) is 4.72 Å². The summed E-state index contributed by atoms with van der Waals surface area (Å²) in [5, 5.41) is 1.69. The topological polar surface area (TPSA) is 65.0 Å². The first kappa shape index (κ1) is 6.66. The molecule has 0 saturated carbocycles. The van der Waals surface area contributed by atoms with Crippen LogP contribution in [0.25, 0.3) is 0 Å². The second-order valence-electron chi connectivity index (χ2n) is 1.22. The van der Waals surface area contributed by atoms with Crippen LogP contribution in [0.2, 0.25) is 0 Å². The van der Waals surface area contributed by atoms with E-state index >= 15 is 0 Å². The molecule has 4 nitrogen and oxygen atoms in total. The first-order valence-electron chi connectivity index (χ1n) is 2.05. The molecule has 1 aromatic heterocycles. The van der Waals surface area contributed by atoms with Crippen molar-refractivity contribution in [3.63, 3.8) is 0 Å². The van der Waals surface area contributed by atoms with Gasteiger partial charge in [0.15, 0.2) is 0 Å². The molecule has 0 saturated heterocycles. The van der Waals surface area contributed by atoms with Crippen molar-refractivity contribution in [2.24, 2.45) is 0 Å². The highest BCUT2D eigenvalue weighted by molar-refractivity contribution is 7.80. The van der Waals surface area contributed by atoms with Crippen LogP contribution in [0.3, 0.4) is 0 Å². The van der Waals surface area contributed by atoms with Crippen molar-refractivity contribution in [1.29, 1.82) is 0 Å². The summed E-state index contributed by atoms with van der Waals surface area (Å²) in [5.41, 5.74) is 0. The van der Waals surface area contributed by atoms with E-state index in [0.29, 0.717) is 5.82 Å². The van der Waals surface area contributed by atoms with Gasteiger partial charge in [0.1, 0.15) is 5.82 Å². The third-order valence-electron chi connectivity index (χ3n) is 0.626. The molecule has 9 heavy (non-hydrogen) atoms. The van der Waals surface area contributed by atoms with Gasteiger partial charge in [0.05, 0.1) is 0 Å². The van der Waals surface area contributed by atoms with E-state index in [1.807, 2.05) is 0 Å². The average molecular weight is 163 g/mol. The van der Waals surface area contributed by atoms with Crippen LogP contribution in [0, 0.1) is 0 Å². The summed E-state index contributed by atoms with van der Waals surface area (Å²) in [5.74, 6) is 0.369. The molecule has 1 aromatic rings. The molecule has 0 aromatic carbocycles. The standard InChI is InChI=1S/C3H4N2O2S2/c6-9(7)5-3-1-2-8-4-3/h1-2H,(H,4,5)(H,6,7)/p-1. The number of rotatable bonds is 2. The summed E-state index contributed by atoms with van der Waals surface area (Å²) in [6, 6.07) is 1.58. The van der Waals surface area contributed by atoms with E-state index < -0.39 is 11.3 Å². The summed E-state index contributed by atoms with van der Waals surface area (Å²) in [7, 11) is 0. The van der Waals surface area contributed by atoms with Crippen LogP contribution < -0.4 is 4.72 Å². The fourth-order valence-corrected chi connectivity index (χ4v) is 1.16. The van der Waals surface area contributed by atoms with Gasteiger partial charge in [-0.1, -0.05) is 0 Å². The Morgan fingerprint density at radius 3 is 3.11 bits per heavy atom. The van der Waals surface area contributed by atoms with Crippen LogP contribution in [0.4, 0.5) is 5.82 Å². The zero-order valence-corrected chi connectivity index (χ0v) is 5.87. The van der Waals surface area contributed by atoms with Crippen LogP contribution in [0.1, 0.15) is 0 Å². The number of aromatic nitrogens is 1. The fourth-order valence-electron chi connectivity index (χ4n) is 0.351. The molecular formula is C3H3N2O2S2-. The lowest BCUT2D eigenvalue weighted by molar-refractivity contribution is 0.542. The average Bonchev–Trinajstić information content (AvgIpc) is 2.15. The van der Waals surface area contributed by atoms with Crippen LogP contribution in [0.5, 0.6) is 0 Å². The molecule has 0 bridgehead atoms. The normalized spacial score (nSPS) is 13.0. The zero-order valence-electron chi connectivity index (χ0n) is 4.23. The molecule has 6 heteroatoms. The number of hydrogen-bond donors (Lipinski definition) is 1. The van der Waals surface area contributed by atoms with Crippen molar-refractivity contribution in [1.82, 2.24) is 4.37 Å². The van der Waals surface area contributed by atoms with E-state index in [-0.39, 0.29) is 0 Å². The van der Waals surface area contributed by atoms with Gasteiger partial charge in [-0.2, -0.15) is 4.37 Å². The Morgan fingerprint density at radius 2 is 2.67 bits per heavy atom. The zero-order chi connectivity index (χ0) is 6.69. The van der Waals surface area contributed by atoms with Crippen molar-refractivity contribution in [3.8, 4) is 0 Å². The molecule has 1 N–H and O–H groups in total. The Bertz CT molecular complexity index is 198. The lowest BCUT2D eigenvalue weighted by Gasteiger charge is -2.02. The minimum atomic E-state index is -2.25. The second-order valence-corrected chi connectivity index (χ2v) is 2.56. The molecule has 50 valence electrons. The second kappa shape index (κ2) is 2.90. The molecule has 1 unspecified atom stereocenters. The van der Waals surface area contributed by atoms with Crippen LogP contribution in [0.15, 0.2) is 11.4 Å². The van der Waals surface area contributed by atoms with Crippen molar-refractivity contribution in [2.45, 2.75) is 0 Å². The summed E-state index contributed by atoms with van der Waals surface area (Å²) in [6.45, 7) is 0. The van der Waals surface area contributed by atoms with Crippen LogP contribution in [-0.2, 0) is 11.3 Å².